The summed E-state index contributed by atoms with van der Waals surface area (Å²) in [6.45, 7) is 0. The molecule has 102 valence electrons. The van der Waals surface area contributed by atoms with Crippen LogP contribution in [0.3, 0.4) is 0 Å². The first kappa shape index (κ1) is 14.0. The molecule has 1 aliphatic carbocycles. The summed E-state index contributed by atoms with van der Waals surface area (Å²) in [4.78, 5) is 23.2. The van der Waals surface area contributed by atoms with Gasteiger partial charge < -0.3 is 16.2 Å². The maximum absolute atomic E-state index is 12.0. The van der Waals surface area contributed by atoms with Crippen LogP contribution in [0.4, 0.5) is 5.69 Å². The van der Waals surface area contributed by atoms with Crippen molar-refractivity contribution >= 4 is 33.5 Å². The van der Waals surface area contributed by atoms with Gasteiger partial charge in [-0.15, -0.1) is 0 Å². The van der Waals surface area contributed by atoms with E-state index in [2.05, 4.69) is 21.2 Å². The fourth-order valence-electron chi connectivity index (χ4n) is 2.29. The summed E-state index contributed by atoms with van der Waals surface area (Å²) in [5.41, 5.74) is 6.17. The van der Waals surface area contributed by atoms with Crippen molar-refractivity contribution < 1.29 is 14.7 Å². The molecule has 2 unspecified atom stereocenters. The van der Waals surface area contributed by atoms with Crippen LogP contribution in [0.15, 0.2) is 22.7 Å². The van der Waals surface area contributed by atoms with Gasteiger partial charge in [-0.25, -0.2) is 4.79 Å². The number of amides is 1. The van der Waals surface area contributed by atoms with Gasteiger partial charge in [0.25, 0.3) is 0 Å². The number of rotatable bonds is 3. The number of carbonyl (C=O) groups is 2. The third kappa shape index (κ3) is 3.33. The molecule has 0 bridgehead atoms. The molecule has 5 nitrogen and oxygen atoms in total. The highest BCUT2D eigenvalue weighted by Gasteiger charge is 2.28. The van der Waals surface area contributed by atoms with Crippen LogP contribution in [0.2, 0.25) is 0 Å². The van der Waals surface area contributed by atoms with E-state index in [1.807, 2.05) is 0 Å². The predicted octanol–water partition coefficient (Wildman–Crippen LogP) is 2.21. The summed E-state index contributed by atoms with van der Waals surface area (Å²) in [7, 11) is 0. The van der Waals surface area contributed by atoms with Gasteiger partial charge in [0.2, 0.25) is 5.91 Å². The molecule has 19 heavy (non-hydrogen) atoms. The topological polar surface area (TPSA) is 92.4 Å². The van der Waals surface area contributed by atoms with E-state index in [1.54, 1.807) is 12.1 Å². The molecule has 2 rings (SSSR count). The van der Waals surface area contributed by atoms with Gasteiger partial charge in [0.05, 0.1) is 11.3 Å². The second-order valence-corrected chi connectivity index (χ2v) is 5.67. The molecule has 1 aromatic rings. The molecule has 0 spiro atoms. The predicted molar refractivity (Wildman–Crippen MR) is 75.0 cm³/mol. The van der Waals surface area contributed by atoms with Gasteiger partial charge in [-0.2, -0.15) is 0 Å². The zero-order valence-electron chi connectivity index (χ0n) is 10.2. The Morgan fingerprint density at radius 1 is 1.37 bits per heavy atom. The van der Waals surface area contributed by atoms with Crippen LogP contribution in [0.25, 0.3) is 0 Å². The number of hydrogen-bond donors (Lipinski definition) is 3. The monoisotopic (exact) mass is 326 g/mol. The van der Waals surface area contributed by atoms with Crippen LogP contribution in [-0.2, 0) is 4.79 Å². The van der Waals surface area contributed by atoms with Crippen molar-refractivity contribution in [2.75, 3.05) is 5.32 Å². The molecule has 0 heterocycles. The Morgan fingerprint density at radius 2 is 2.11 bits per heavy atom. The average molecular weight is 327 g/mol. The maximum atomic E-state index is 12.0. The first-order valence-corrected chi connectivity index (χ1v) is 6.86. The van der Waals surface area contributed by atoms with E-state index >= 15 is 0 Å². The van der Waals surface area contributed by atoms with E-state index in [0.29, 0.717) is 16.6 Å². The van der Waals surface area contributed by atoms with Crippen LogP contribution in [0.5, 0.6) is 0 Å². The molecule has 0 radical (unpaired) electrons. The highest BCUT2D eigenvalue weighted by molar-refractivity contribution is 9.10. The van der Waals surface area contributed by atoms with Crippen LogP contribution < -0.4 is 11.1 Å². The number of aromatic carboxylic acids is 1. The second-order valence-electron chi connectivity index (χ2n) is 4.75. The zero-order chi connectivity index (χ0) is 14.0. The zero-order valence-corrected chi connectivity index (χ0v) is 11.8. The Kier molecular flexibility index (Phi) is 4.21. The van der Waals surface area contributed by atoms with E-state index in [4.69, 9.17) is 10.8 Å². The Labute approximate surface area is 119 Å². The van der Waals surface area contributed by atoms with Gasteiger partial charge in [0, 0.05) is 16.4 Å². The Balaban J connectivity index is 2.14. The fourth-order valence-corrected chi connectivity index (χ4v) is 2.65. The molecule has 6 heteroatoms. The second kappa shape index (κ2) is 5.71. The summed E-state index contributed by atoms with van der Waals surface area (Å²) < 4.78 is 0.658. The Bertz CT molecular complexity index is 519. The molecular formula is C13H15BrN2O3. The average Bonchev–Trinajstić information content (AvgIpc) is 2.78. The lowest BCUT2D eigenvalue weighted by Gasteiger charge is -2.13. The highest BCUT2D eigenvalue weighted by atomic mass is 79.9. The molecule has 1 aromatic carbocycles. The minimum atomic E-state index is -1.07. The molecule has 0 aromatic heterocycles. The standard InChI is InChI=1S/C13H15BrN2O3/c14-8-2-4-11(10(6-8)13(18)19)16-12(17)7-1-3-9(15)5-7/h2,4,6-7,9H,1,3,5,15H2,(H,16,17)(H,18,19). The quantitative estimate of drug-likeness (QED) is 0.794. The maximum Gasteiger partial charge on any atom is 0.337 e. The van der Waals surface area contributed by atoms with E-state index in [1.165, 1.54) is 6.07 Å². The first-order chi connectivity index (χ1) is 8.97. The summed E-state index contributed by atoms with van der Waals surface area (Å²) in [5, 5.41) is 11.8. The summed E-state index contributed by atoms with van der Waals surface area (Å²) in [6, 6.07) is 4.82. The molecule has 1 amide bonds. The Hall–Kier alpha value is -1.40. The minimum Gasteiger partial charge on any atom is -0.478 e. The molecule has 4 N–H and O–H groups in total. The van der Waals surface area contributed by atoms with Crippen LogP contribution in [0.1, 0.15) is 29.6 Å². The van der Waals surface area contributed by atoms with Crippen LogP contribution in [-0.4, -0.2) is 23.0 Å². The smallest absolute Gasteiger partial charge is 0.337 e. The number of hydrogen-bond acceptors (Lipinski definition) is 3. The van der Waals surface area contributed by atoms with Crippen molar-refractivity contribution in [3.05, 3.63) is 28.2 Å². The van der Waals surface area contributed by atoms with Crippen molar-refractivity contribution in [3.63, 3.8) is 0 Å². The lowest BCUT2D eigenvalue weighted by molar-refractivity contribution is -0.119. The van der Waals surface area contributed by atoms with E-state index < -0.39 is 5.97 Å². The SMILES string of the molecule is NC1CCC(C(=O)Nc2ccc(Br)cc2C(=O)O)C1. The van der Waals surface area contributed by atoms with E-state index in [0.717, 1.165) is 12.8 Å². The van der Waals surface area contributed by atoms with Gasteiger partial charge in [-0.05, 0) is 37.5 Å². The van der Waals surface area contributed by atoms with Gasteiger partial charge >= 0.3 is 5.97 Å². The molecule has 1 fully saturated rings. The lowest BCUT2D eigenvalue weighted by Crippen LogP contribution is -2.24. The third-order valence-corrected chi connectivity index (χ3v) is 3.81. The van der Waals surface area contributed by atoms with E-state index in [-0.39, 0.29) is 23.4 Å². The number of nitrogens with one attached hydrogen (secondary N) is 1. The van der Waals surface area contributed by atoms with Crippen molar-refractivity contribution in [3.8, 4) is 0 Å². The molecule has 2 atom stereocenters. The summed E-state index contributed by atoms with van der Waals surface area (Å²) in [6.07, 6.45) is 2.25. The number of carboxylic acids is 1. The normalized spacial score (nSPS) is 22.2. The van der Waals surface area contributed by atoms with Crippen LogP contribution in [0, 0.1) is 5.92 Å². The Morgan fingerprint density at radius 3 is 2.68 bits per heavy atom. The van der Waals surface area contributed by atoms with E-state index in [9.17, 15) is 9.59 Å². The molecule has 0 aliphatic heterocycles. The number of anilines is 1. The number of benzene rings is 1. The molecule has 0 saturated heterocycles. The van der Waals surface area contributed by atoms with Gasteiger partial charge in [0.1, 0.15) is 0 Å². The van der Waals surface area contributed by atoms with Crippen molar-refractivity contribution in [2.24, 2.45) is 11.7 Å². The molecular weight excluding hydrogens is 312 g/mol. The number of carbonyl (C=O) groups excluding carboxylic acids is 1. The van der Waals surface area contributed by atoms with Crippen molar-refractivity contribution in [2.45, 2.75) is 25.3 Å². The summed E-state index contributed by atoms with van der Waals surface area (Å²) >= 11 is 3.21. The van der Waals surface area contributed by atoms with Crippen LogP contribution >= 0.6 is 15.9 Å². The van der Waals surface area contributed by atoms with Crippen molar-refractivity contribution in [1.82, 2.24) is 0 Å². The molecule has 1 aliphatic rings. The minimum absolute atomic E-state index is 0.0691. The van der Waals surface area contributed by atoms with Gasteiger partial charge in [-0.3, -0.25) is 4.79 Å². The molecule has 1 saturated carbocycles. The van der Waals surface area contributed by atoms with Crippen molar-refractivity contribution in [1.29, 1.82) is 0 Å². The van der Waals surface area contributed by atoms with Gasteiger partial charge in [0.15, 0.2) is 0 Å². The largest absolute Gasteiger partial charge is 0.478 e. The van der Waals surface area contributed by atoms with Gasteiger partial charge in [-0.1, -0.05) is 15.9 Å². The third-order valence-electron chi connectivity index (χ3n) is 3.31. The number of carboxylic acid groups (broad SMARTS) is 1. The lowest BCUT2D eigenvalue weighted by atomic mass is 10.1. The first-order valence-electron chi connectivity index (χ1n) is 6.06. The number of nitrogens with two attached hydrogens (primary N) is 1. The number of halogens is 1. The highest BCUT2D eigenvalue weighted by Crippen LogP contribution is 2.27. The summed E-state index contributed by atoms with van der Waals surface area (Å²) in [5.74, 6) is -1.35. The fraction of sp³-hybridized carbons (Fsp3) is 0.385.